The van der Waals surface area contributed by atoms with Crippen molar-refractivity contribution >= 4 is 7.82 Å². The van der Waals surface area contributed by atoms with E-state index in [0.717, 1.165) is 58.0 Å². The molecular formula is C35H74NO4P. The van der Waals surface area contributed by atoms with E-state index >= 15 is 0 Å². The predicted octanol–water partition coefficient (Wildman–Crippen LogP) is 12.4. The second-order valence-corrected chi connectivity index (χ2v) is 13.9. The van der Waals surface area contributed by atoms with Crippen LogP contribution in [-0.2, 0) is 13.6 Å². The number of phosphoric ester groups is 1. The number of hydrogen-bond acceptors (Lipinski definition) is 4. The minimum Gasteiger partial charge on any atom is -0.302 e. The van der Waals surface area contributed by atoms with Gasteiger partial charge in [0.05, 0.1) is 6.61 Å². The molecule has 1 N–H and O–H groups in total. The molecule has 0 spiro atoms. The third kappa shape index (κ3) is 28.6. The molecule has 0 aliphatic rings. The summed E-state index contributed by atoms with van der Waals surface area (Å²) in [6.45, 7) is 11.2. The Morgan fingerprint density at radius 2 is 0.854 bits per heavy atom. The third-order valence-corrected chi connectivity index (χ3v) is 9.34. The van der Waals surface area contributed by atoms with Crippen LogP contribution in [0, 0.1) is 0 Å². The molecule has 2 unspecified atom stereocenters. The molecule has 0 rings (SSSR count). The zero-order valence-electron chi connectivity index (χ0n) is 28.4. The van der Waals surface area contributed by atoms with Crippen LogP contribution in [0.3, 0.4) is 0 Å². The smallest absolute Gasteiger partial charge is 0.302 e. The largest absolute Gasteiger partial charge is 0.473 e. The summed E-state index contributed by atoms with van der Waals surface area (Å²) < 4.78 is 24.5. The third-order valence-electron chi connectivity index (χ3n) is 8.32. The fourth-order valence-corrected chi connectivity index (χ4v) is 6.56. The van der Waals surface area contributed by atoms with E-state index in [4.69, 9.17) is 9.05 Å². The first-order chi connectivity index (χ1) is 20.0. The van der Waals surface area contributed by atoms with E-state index in [2.05, 4.69) is 32.6 Å². The lowest BCUT2D eigenvalue weighted by molar-refractivity contribution is -0.0135. The van der Waals surface area contributed by atoms with Gasteiger partial charge in [-0.1, -0.05) is 169 Å². The van der Waals surface area contributed by atoms with Crippen molar-refractivity contribution < 1.29 is 18.5 Å². The van der Waals surface area contributed by atoms with Gasteiger partial charge in [0.25, 0.3) is 0 Å². The predicted molar refractivity (Wildman–Crippen MR) is 180 cm³/mol. The summed E-state index contributed by atoms with van der Waals surface area (Å²) in [4.78, 5) is 13.1. The monoisotopic (exact) mass is 604 g/mol. The quantitative estimate of drug-likeness (QED) is 0.0450. The molecule has 0 saturated heterocycles. The van der Waals surface area contributed by atoms with Crippen LogP contribution in [0.4, 0.5) is 0 Å². The summed E-state index contributed by atoms with van der Waals surface area (Å²) in [7, 11) is -4.08. The van der Waals surface area contributed by atoms with Crippen molar-refractivity contribution in [1.82, 2.24) is 4.90 Å². The number of unbranched alkanes of at least 4 members (excludes halogenated alkanes) is 22. The van der Waals surface area contributed by atoms with Gasteiger partial charge in [-0.3, -0.25) is 13.9 Å². The normalized spacial score (nSPS) is 14.1. The van der Waals surface area contributed by atoms with Crippen molar-refractivity contribution in [2.75, 3.05) is 19.7 Å². The van der Waals surface area contributed by atoms with Gasteiger partial charge in [0.15, 0.2) is 0 Å². The van der Waals surface area contributed by atoms with Crippen molar-refractivity contribution in [2.24, 2.45) is 0 Å². The molecule has 41 heavy (non-hydrogen) atoms. The highest BCUT2D eigenvalue weighted by molar-refractivity contribution is 7.47. The van der Waals surface area contributed by atoms with Gasteiger partial charge in [-0.2, -0.15) is 0 Å². The molecule has 2 atom stereocenters. The molecule has 0 saturated carbocycles. The van der Waals surface area contributed by atoms with Crippen LogP contribution in [0.25, 0.3) is 0 Å². The zero-order chi connectivity index (χ0) is 30.3. The summed E-state index contributed by atoms with van der Waals surface area (Å²) >= 11 is 0. The van der Waals surface area contributed by atoms with E-state index in [9.17, 15) is 9.46 Å². The van der Waals surface area contributed by atoms with Crippen LogP contribution in [0.1, 0.15) is 201 Å². The highest BCUT2D eigenvalue weighted by Gasteiger charge is 2.30. The van der Waals surface area contributed by atoms with E-state index in [1.165, 1.54) is 128 Å². The molecular weight excluding hydrogens is 529 g/mol. The van der Waals surface area contributed by atoms with Crippen LogP contribution < -0.4 is 0 Å². The molecule has 0 bridgehead atoms. The average Bonchev–Trinajstić information content (AvgIpc) is 2.95. The minimum absolute atomic E-state index is 0.304. The molecule has 0 amide bonds. The molecule has 0 radical (unpaired) electrons. The van der Waals surface area contributed by atoms with E-state index in [-0.39, 0.29) is 6.23 Å². The van der Waals surface area contributed by atoms with E-state index < -0.39 is 7.82 Å². The Morgan fingerprint density at radius 1 is 0.512 bits per heavy atom. The topological polar surface area (TPSA) is 59.0 Å². The highest BCUT2D eigenvalue weighted by Crippen LogP contribution is 2.46. The second kappa shape index (κ2) is 31.5. The summed E-state index contributed by atoms with van der Waals surface area (Å²) in [6, 6.07) is 0. The van der Waals surface area contributed by atoms with Crippen LogP contribution in [0.5, 0.6) is 0 Å². The van der Waals surface area contributed by atoms with Gasteiger partial charge in [0.1, 0.15) is 6.23 Å². The van der Waals surface area contributed by atoms with Gasteiger partial charge in [0, 0.05) is 13.1 Å². The lowest BCUT2D eigenvalue weighted by Gasteiger charge is -2.32. The Bertz CT molecular complexity index is 542. The van der Waals surface area contributed by atoms with Crippen LogP contribution >= 0.6 is 7.82 Å². The molecule has 0 aliphatic carbocycles. The van der Waals surface area contributed by atoms with Crippen molar-refractivity contribution in [3.8, 4) is 0 Å². The molecule has 6 heteroatoms. The van der Waals surface area contributed by atoms with E-state index in [1.807, 2.05) is 0 Å². The van der Waals surface area contributed by atoms with E-state index in [1.54, 1.807) is 0 Å². The highest BCUT2D eigenvalue weighted by atomic mass is 31.2. The van der Waals surface area contributed by atoms with E-state index in [0.29, 0.717) is 6.61 Å². The molecule has 0 fully saturated rings. The first kappa shape index (κ1) is 41.1. The fraction of sp³-hybridized carbons (Fsp3) is 1.00. The first-order valence-corrected chi connectivity index (χ1v) is 19.9. The van der Waals surface area contributed by atoms with Gasteiger partial charge in [-0.15, -0.1) is 0 Å². The van der Waals surface area contributed by atoms with Crippen LogP contribution in [0.15, 0.2) is 0 Å². The number of hydrogen-bond donors (Lipinski definition) is 1. The molecule has 0 heterocycles. The molecule has 0 aromatic carbocycles. The standard InChI is InChI=1S/C35H74NO4P/c1-5-9-13-17-20-22-24-28-32-36(33-29-25-23-21-18-14-10-6-2)35(31-27-16-12-8-4)40-41(37,38)39-34-30-26-19-15-11-7-3/h35H,5-34H2,1-4H3,(H,37,38). The fourth-order valence-electron chi connectivity index (χ4n) is 5.59. The maximum absolute atomic E-state index is 13.0. The average molecular weight is 604 g/mol. The van der Waals surface area contributed by atoms with Gasteiger partial charge < -0.3 is 4.89 Å². The molecule has 0 aromatic rings. The Balaban J connectivity index is 4.97. The van der Waals surface area contributed by atoms with Crippen LogP contribution in [0.2, 0.25) is 0 Å². The van der Waals surface area contributed by atoms with Crippen molar-refractivity contribution in [3.63, 3.8) is 0 Å². The van der Waals surface area contributed by atoms with Gasteiger partial charge in [0.2, 0.25) is 0 Å². The maximum atomic E-state index is 13.0. The molecule has 0 aromatic heterocycles. The molecule has 5 nitrogen and oxygen atoms in total. The number of nitrogens with zero attached hydrogens (tertiary/aromatic N) is 1. The van der Waals surface area contributed by atoms with Crippen molar-refractivity contribution in [3.05, 3.63) is 0 Å². The SMILES string of the molecule is CCCCCCCCCCN(CCCCCCCCCC)C(CCCCCC)OP(=O)(O)OCCCCCCCC. The first-order valence-electron chi connectivity index (χ1n) is 18.4. The zero-order valence-corrected chi connectivity index (χ0v) is 29.3. The lowest BCUT2D eigenvalue weighted by Crippen LogP contribution is -2.38. The van der Waals surface area contributed by atoms with Gasteiger partial charge in [-0.05, 0) is 32.1 Å². The van der Waals surface area contributed by atoms with Gasteiger partial charge in [-0.25, -0.2) is 4.57 Å². The lowest BCUT2D eigenvalue weighted by atomic mass is 10.1. The Kier molecular flexibility index (Phi) is 31.5. The Labute approximate surface area is 257 Å². The van der Waals surface area contributed by atoms with Crippen molar-refractivity contribution in [2.45, 2.75) is 207 Å². The molecule has 248 valence electrons. The second-order valence-electron chi connectivity index (χ2n) is 12.5. The summed E-state index contributed by atoms with van der Waals surface area (Å²) in [6.07, 6.45) is 32.5. The number of rotatable bonds is 34. The molecule has 0 aliphatic heterocycles. The Hall–Kier alpha value is 0.0700. The number of phosphoric acid groups is 1. The summed E-state index contributed by atoms with van der Waals surface area (Å²) in [5.74, 6) is 0. The van der Waals surface area contributed by atoms with Gasteiger partial charge >= 0.3 is 7.82 Å². The summed E-state index contributed by atoms with van der Waals surface area (Å²) in [5, 5.41) is 0. The minimum atomic E-state index is -4.08. The van der Waals surface area contributed by atoms with Crippen LogP contribution in [-0.4, -0.2) is 35.7 Å². The Morgan fingerprint density at radius 3 is 1.27 bits per heavy atom. The maximum Gasteiger partial charge on any atom is 0.473 e. The summed E-state index contributed by atoms with van der Waals surface area (Å²) in [5.41, 5.74) is 0. The van der Waals surface area contributed by atoms with Crippen molar-refractivity contribution in [1.29, 1.82) is 0 Å².